The number of hydrogen-bond donors (Lipinski definition) is 3. The molecule has 0 saturated heterocycles. The second-order valence-corrected chi connectivity index (χ2v) is 19.7. The van der Waals surface area contributed by atoms with E-state index in [2.05, 4.69) is 69.3 Å². The number of Topliss-reactive ketones (excluding diaryl/α,β-unsaturated/α-hetero) is 1. The monoisotopic (exact) mass is 764 g/mol. The van der Waals surface area contributed by atoms with Crippen LogP contribution in [0.5, 0.6) is 0 Å². The van der Waals surface area contributed by atoms with E-state index in [9.17, 15) is 24.6 Å². The highest BCUT2D eigenvalue weighted by Gasteiger charge is 2.67. The highest BCUT2D eigenvalue weighted by molar-refractivity contribution is 6.18. The zero-order chi connectivity index (χ0) is 40.8. The Morgan fingerprint density at radius 3 is 2.45 bits per heavy atom. The van der Waals surface area contributed by atoms with Crippen molar-refractivity contribution >= 4 is 34.1 Å². The number of ketones is 1. The molecule has 56 heavy (non-hydrogen) atoms. The molecule has 4 aliphatic carbocycles. The number of esters is 1. The molecule has 10 unspecified atom stereocenters. The number of nitrogens with one attached hydrogen (secondary N) is 1. The quantitative estimate of drug-likeness (QED) is 0.119. The number of carbonyl (C=O) groups is 3. The molecule has 1 aromatic carbocycles. The Hall–Kier alpha value is -3.79. The third-order valence-electron chi connectivity index (χ3n) is 15.7. The van der Waals surface area contributed by atoms with Crippen molar-refractivity contribution in [1.29, 1.82) is 0 Å². The summed E-state index contributed by atoms with van der Waals surface area (Å²) in [5, 5.41) is 27.9. The van der Waals surface area contributed by atoms with Crippen LogP contribution < -0.4 is 5.32 Å². The Morgan fingerprint density at radius 1 is 1.09 bits per heavy atom. The van der Waals surface area contributed by atoms with Gasteiger partial charge in [0.2, 0.25) is 5.91 Å². The fraction of sp³-hybridized carbons (Fsp3) is 0.596. The summed E-state index contributed by atoms with van der Waals surface area (Å²) in [6.45, 7) is 24.9. The summed E-state index contributed by atoms with van der Waals surface area (Å²) >= 11 is 0. The summed E-state index contributed by atoms with van der Waals surface area (Å²) in [5.74, 6) is -0.683. The molecule has 10 atom stereocenters. The van der Waals surface area contributed by atoms with Crippen LogP contribution in [0, 0.1) is 28.6 Å². The number of hydrogen-bond acceptors (Lipinski definition) is 7. The van der Waals surface area contributed by atoms with Crippen molar-refractivity contribution in [2.75, 3.05) is 7.11 Å². The lowest BCUT2D eigenvalue weighted by molar-refractivity contribution is -0.144. The van der Waals surface area contributed by atoms with Crippen LogP contribution in [0.1, 0.15) is 140 Å². The lowest BCUT2D eigenvalue weighted by Gasteiger charge is -2.64. The maximum absolute atomic E-state index is 14.9. The molecule has 8 rings (SSSR count). The van der Waals surface area contributed by atoms with Gasteiger partial charge >= 0.3 is 5.97 Å². The van der Waals surface area contributed by atoms with Gasteiger partial charge in [-0.15, -0.1) is 0 Å². The zero-order valence-corrected chi connectivity index (χ0v) is 35.1. The molecule has 0 bridgehead atoms. The van der Waals surface area contributed by atoms with Crippen LogP contribution in [-0.4, -0.2) is 62.9 Å². The zero-order valence-electron chi connectivity index (χ0n) is 35.1. The van der Waals surface area contributed by atoms with Gasteiger partial charge in [-0.25, -0.2) is 4.79 Å². The predicted octanol–water partition coefficient (Wildman–Crippen LogP) is 7.78. The summed E-state index contributed by atoms with van der Waals surface area (Å²) in [6, 6.07) is 0.960. The van der Waals surface area contributed by atoms with E-state index in [0.717, 1.165) is 58.9 Å². The molecular formula is C47H60N2O7. The highest BCUT2D eigenvalue weighted by Crippen LogP contribution is 2.71. The van der Waals surface area contributed by atoms with E-state index in [0.29, 0.717) is 23.5 Å². The van der Waals surface area contributed by atoms with Crippen LogP contribution in [-0.2, 0) is 30.9 Å². The van der Waals surface area contributed by atoms with Gasteiger partial charge in [-0.1, -0.05) is 51.2 Å². The highest BCUT2D eigenvalue weighted by atomic mass is 16.5. The Kier molecular flexibility index (Phi) is 8.62. The van der Waals surface area contributed by atoms with Crippen molar-refractivity contribution in [3.8, 4) is 0 Å². The Labute approximate surface area is 331 Å². The molecule has 0 radical (unpaired) electrons. The number of rotatable bonds is 6. The van der Waals surface area contributed by atoms with Crippen molar-refractivity contribution in [2.45, 2.75) is 142 Å². The van der Waals surface area contributed by atoms with Gasteiger partial charge in [0, 0.05) is 39.0 Å². The lowest BCUT2D eigenvalue weighted by atomic mass is 9.40. The van der Waals surface area contributed by atoms with E-state index >= 15 is 0 Å². The fourth-order valence-electron chi connectivity index (χ4n) is 13.1. The summed E-state index contributed by atoms with van der Waals surface area (Å²) in [7, 11) is 1.29. The van der Waals surface area contributed by atoms with Gasteiger partial charge in [-0.3, -0.25) is 9.59 Å². The summed E-state index contributed by atoms with van der Waals surface area (Å²) in [4.78, 5) is 39.7. The molecule has 9 heteroatoms. The minimum absolute atomic E-state index is 0.0111. The molecule has 3 heterocycles. The number of fused-ring (bicyclic) bond motifs is 11. The fourth-order valence-corrected chi connectivity index (χ4v) is 13.1. The molecule has 6 aliphatic rings. The van der Waals surface area contributed by atoms with Gasteiger partial charge in [-0.2, -0.15) is 0 Å². The maximum atomic E-state index is 14.9. The van der Waals surface area contributed by atoms with Crippen molar-refractivity contribution in [1.82, 2.24) is 9.88 Å². The number of allylic oxidation sites excluding steroid dienone is 3. The molecule has 2 fully saturated rings. The first-order valence-corrected chi connectivity index (χ1v) is 20.5. The van der Waals surface area contributed by atoms with E-state index in [1.54, 1.807) is 19.9 Å². The molecule has 300 valence electrons. The smallest absolute Gasteiger partial charge is 0.328 e. The molecule has 2 aromatic rings. The van der Waals surface area contributed by atoms with E-state index in [-0.39, 0.29) is 34.4 Å². The number of aliphatic hydroxyl groups excluding tert-OH is 2. The molecule has 1 amide bonds. The molecule has 2 saturated carbocycles. The van der Waals surface area contributed by atoms with Crippen molar-refractivity contribution in [3.05, 3.63) is 76.0 Å². The third-order valence-corrected chi connectivity index (χ3v) is 15.7. The average molecular weight is 765 g/mol. The second-order valence-electron chi connectivity index (χ2n) is 19.7. The standard InChI is InChI=1S/C47H60N2O7/c1-23(2)36-39(52)34-33-27(30-22-43(5,6)56-44(7,8)35(30)38(33)51)21-28-29-20-26-15-16-31-45(9,18-13-14-24(3)41(53)48-25(4)42(54)55-12)32(50)17-19-46(31,10)47(26,11)40(29)49(36)37(28)34/h13-14,18,21-22,25-26,31-32,35-36,38,50-51H,1,15-17,19-20H2,2-12H3,(H,48,53)/b18-13+,24-14+. The Morgan fingerprint density at radius 2 is 1.79 bits per heavy atom. The van der Waals surface area contributed by atoms with Gasteiger partial charge in [0.15, 0.2) is 5.78 Å². The molecule has 2 aliphatic heterocycles. The first-order chi connectivity index (χ1) is 26.1. The molecule has 0 spiro atoms. The second kappa shape index (κ2) is 12.4. The summed E-state index contributed by atoms with van der Waals surface area (Å²) in [6.07, 6.45) is 10.8. The topological polar surface area (TPSA) is 127 Å². The predicted molar refractivity (Wildman–Crippen MR) is 217 cm³/mol. The van der Waals surface area contributed by atoms with Crippen LogP contribution >= 0.6 is 0 Å². The number of aliphatic hydroxyl groups is 2. The molecular weight excluding hydrogens is 705 g/mol. The number of amides is 1. The van der Waals surface area contributed by atoms with Gasteiger partial charge < -0.3 is 29.6 Å². The van der Waals surface area contributed by atoms with E-state index < -0.39 is 46.9 Å². The number of aromatic nitrogens is 1. The van der Waals surface area contributed by atoms with Crippen molar-refractivity contribution in [2.24, 2.45) is 28.6 Å². The number of carbonyl (C=O) groups excluding carboxylic acids is 3. The minimum Gasteiger partial charge on any atom is -0.467 e. The number of methoxy groups -OCH3 is 1. The van der Waals surface area contributed by atoms with Crippen molar-refractivity contribution in [3.63, 3.8) is 0 Å². The number of nitrogens with zero attached hydrogens (tertiary/aromatic N) is 1. The normalized spacial score (nSPS) is 36.7. The van der Waals surface area contributed by atoms with Crippen LogP contribution in [0.25, 0.3) is 16.5 Å². The lowest BCUT2D eigenvalue weighted by Crippen LogP contribution is -2.62. The van der Waals surface area contributed by atoms with Crippen LogP contribution in [0.4, 0.5) is 0 Å². The summed E-state index contributed by atoms with van der Waals surface area (Å²) in [5.41, 5.74) is 5.83. The van der Waals surface area contributed by atoms with Crippen LogP contribution in [0.3, 0.4) is 0 Å². The van der Waals surface area contributed by atoms with Gasteiger partial charge in [-0.05, 0) is 127 Å². The van der Waals surface area contributed by atoms with E-state index in [1.807, 2.05) is 26.8 Å². The Bertz CT molecular complexity index is 2220. The molecule has 1 aromatic heterocycles. The van der Waals surface area contributed by atoms with Gasteiger partial charge in [0.25, 0.3) is 0 Å². The van der Waals surface area contributed by atoms with Gasteiger partial charge in [0.05, 0.1) is 41.6 Å². The maximum Gasteiger partial charge on any atom is 0.328 e. The Balaban J connectivity index is 1.25. The first-order valence-electron chi connectivity index (χ1n) is 20.5. The average Bonchev–Trinajstić information content (AvgIpc) is 3.78. The molecule has 3 N–H and O–H groups in total. The van der Waals surface area contributed by atoms with Crippen molar-refractivity contribution < 1.29 is 34.1 Å². The van der Waals surface area contributed by atoms with Crippen LogP contribution in [0.15, 0.2) is 48.1 Å². The third kappa shape index (κ3) is 4.98. The van der Waals surface area contributed by atoms with Crippen LogP contribution in [0.2, 0.25) is 0 Å². The SMILES string of the molecule is C=C(C)C1C(=O)c2c3c(cc4c5c(n1c24)C1(C)C(CCC2C(C)(/C=C/C=C(\C)C(=O)NC(C)C(=O)OC)C(O)CCC21C)C5)C1=CC(C)(C)OC(C)(C)C1C3O. The number of ether oxygens (including phenoxy) is 2. The molecule has 9 nitrogen and oxygen atoms in total. The number of benzene rings is 1. The summed E-state index contributed by atoms with van der Waals surface area (Å²) < 4.78 is 13.6. The minimum atomic E-state index is -0.875. The first kappa shape index (κ1) is 39.1. The largest absolute Gasteiger partial charge is 0.467 e. The van der Waals surface area contributed by atoms with E-state index in [4.69, 9.17) is 9.47 Å². The van der Waals surface area contributed by atoms with E-state index in [1.165, 1.54) is 18.4 Å². The van der Waals surface area contributed by atoms with Gasteiger partial charge in [0.1, 0.15) is 12.1 Å².